The maximum Gasteiger partial charge on any atom is 0.258 e. The fourth-order valence-corrected chi connectivity index (χ4v) is 5.11. The minimum atomic E-state index is -0.842. The molecule has 3 heterocycles. The first-order valence-corrected chi connectivity index (χ1v) is 11.4. The normalized spacial score (nSPS) is 22.9. The average molecular weight is 448 g/mol. The number of amides is 3. The van der Waals surface area contributed by atoms with E-state index in [0.29, 0.717) is 29.8 Å². The number of nitrogens with zero attached hydrogens (tertiary/aromatic N) is 4. The van der Waals surface area contributed by atoms with Gasteiger partial charge in [-0.15, -0.1) is 0 Å². The van der Waals surface area contributed by atoms with Gasteiger partial charge in [0.05, 0.1) is 11.3 Å². The number of carbonyl (C=O) groups is 3. The van der Waals surface area contributed by atoms with E-state index in [1.54, 1.807) is 23.1 Å². The van der Waals surface area contributed by atoms with Gasteiger partial charge in [-0.1, -0.05) is 12.1 Å². The molecule has 3 aliphatic rings. The molecule has 172 valence electrons. The predicted octanol–water partition coefficient (Wildman–Crippen LogP) is 2.38. The summed E-state index contributed by atoms with van der Waals surface area (Å²) in [4.78, 5) is 46.8. The molecule has 0 bridgehead atoms. The number of anilines is 3. The van der Waals surface area contributed by atoms with E-state index in [9.17, 15) is 14.4 Å². The summed E-state index contributed by atoms with van der Waals surface area (Å²) in [5.74, 6) is -0.530. The van der Waals surface area contributed by atoms with Crippen molar-refractivity contribution in [1.29, 1.82) is 0 Å². The van der Waals surface area contributed by atoms with E-state index in [2.05, 4.69) is 22.2 Å². The third-order valence-electron chi connectivity index (χ3n) is 7.07. The van der Waals surface area contributed by atoms with Gasteiger partial charge in [-0.3, -0.25) is 19.3 Å². The molecule has 2 saturated heterocycles. The van der Waals surface area contributed by atoms with E-state index in [4.69, 9.17) is 0 Å². The lowest BCUT2D eigenvalue weighted by Gasteiger charge is -2.48. The molecular formula is C25H29N5O3. The minimum absolute atomic E-state index is 0.0256. The highest BCUT2D eigenvalue weighted by molar-refractivity contribution is 6.11. The van der Waals surface area contributed by atoms with E-state index in [1.165, 1.54) is 4.90 Å². The molecule has 0 aliphatic carbocycles. The predicted molar refractivity (Wildman–Crippen MR) is 127 cm³/mol. The van der Waals surface area contributed by atoms with Gasteiger partial charge in [0.25, 0.3) is 5.91 Å². The highest BCUT2D eigenvalue weighted by Gasteiger charge is 2.53. The van der Waals surface area contributed by atoms with Crippen LogP contribution in [-0.4, -0.2) is 73.0 Å². The van der Waals surface area contributed by atoms with Crippen molar-refractivity contribution in [2.24, 2.45) is 0 Å². The third kappa shape index (κ3) is 3.74. The van der Waals surface area contributed by atoms with Crippen LogP contribution in [0.15, 0.2) is 48.5 Å². The van der Waals surface area contributed by atoms with E-state index in [1.807, 2.05) is 37.3 Å². The molecule has 33 heavy (non-hydrogen) atoms. The number of rotatable bonds is 4. The Bertz CT molecular complexity index is 1090. The number of hydrogen-bond donors (Lipinski definition) is 1. The highest BCUT2D eigenvalue weighted by Crippen LogP contribution is 2.43. The smallest absolute Gasteiger partial charge is 0.258 e. The number of hydrogen-bond acceptors (Lipinski definition) is 5. The summed E-state index contributed by atoms with van der Waals surface area (Å²) >= 11 is 0. The molecule has 1 atom stereocenters. The Hall–Kier alpha value is -3.39. The molecule has 0 aromatic heterocycles. The topological polar surface area (TPSA) is 76.2 Å². The first kappa shape index (κ1) is 21.5. The lowest BCUT2D eigenvalue weighted by atomic mass is 9.98. The fourth-order valence-electron chi connectivity index (χ4n) is 5.11. The van der Waals surface area contributed by atoms with Gasteiger partial charge in [0.2, 0.25) is 11.8 Å². The largest absolute Gasteiger partial charge is 0.369 e. The molecule has 5 rings (SSSR count). The molecule has 3 amide bonds. The van der Waals surface area contributed by atoms with Crippen LogP contribution >= 0.6 is 0 Å². The number of likely N-dealkylation sites (N-methyl/N-ethyl adjacent to an activating group) is 1. The Labute approximate surface area is 193 Å². The monoisotopic (exact) mass is 447 g/mol. The maximum absolute atomic E-state index is 13.3. The number of benzene rings is 2. The number of piperazine rings is 1. The number of fused-ring (bicyclic) bond motifs is 3. The zero-order valence-electron chi connectivity index (χ0n) is 19.1. The molecule has 1 N–H and O–H groups in total. The Balaban J connectivity index is 1.30. The summed E-state index contributed by atoms with van der Waals surface area (Å²) in [6.07, 6.45) is 0.850. The number of nitrogens with one attached hydrogen (secondary N) is 1. The molecule has 0 radical (unpaired) electrons. The average Bonchev–Trinajstić information content (AvgIpc) is 3.13. The van der Waals surface area contributed by atoms with Crippen LogP contribution in [-0.2, 0) is 9.59 Å². The summed E-state index contributed by atoms with van der Waals surface area (Å²) in [5.41, 5.74) is 2.06. The van der Waals surface area contributed by atoms with Crippen molar-refractivity contribution in [3.8, 4) is 0 Å². The van der Waals surface area contributed by atoms with Crippen LogP contribution in [0.3, 0.4) is 0 Å². The van der Waals surface area contributed by atoms with Gasteiger partial charge in [-0.2, -0.15) is 0 Å². The van der Waals surface area contributed by atoms with Gasteiger partial charge in [0, 0.05) is 44.0 Å². The first-order valence-electron chi connectivity index (χ1n) is 11.4. The van der Waals surface area contributed by atoms with Crippen LogP contribution in [0.1, 0.15) is 30.1 Å². The first-order chi connectivity index (χ1) is 15.9. The number of para-hydroxylation sites is 1. The standard InChI is InChI=1S/C25H29N5O3/c1-25-12-11-23(32)30(25)21-6-4-3-5-20(21)24(33)29(25)17-22(31)26-18-7-9-19(10-8-18)28-15-13-27(2)14-16-28/h3-10H,11-17H2,1-2H3,(H,26,31). The summed E-state index contributed by atoms with van der Waals surface area (Å²) < 4.78 is 0. The summed E-state index contributed by atoms with van der Waals surface area (Å²) in [7, 11) is 2.13. The molecule has 2 aromatic rings. The van der Waals surface area contributed by atoms with Crippen LogP contribution in [0.2, 0.25) is 0 Å². The van der Waals surface area contributed by atoms with Gasteiger partial charge in [0.15, 0.2) is 0 Å². The van der Waals surface area contributed by atoms with Gasteiger partial charge in [-0.05, 0) is 56.8 Å². The molecular weight excluding hydrogens is 418 g/mol. The van der Waals surface area contributed by atoms with E-state index < -0.39 is 5.66 Å². The highest BCUT2D eigenvalue weighted by atomic mass is 16.2. The van der Waals surface area contributed by atoms with Crippen molar-refractivity contribution in [1.82, 2.24) is 9.80 Å². The maximum atomic E-state index is 13.3. The van der Waals surface area contributed by atoms with Crippen molar-refractivity contribution in [2.45, 2.75) is 25.4 Å². The fraction of sp³-hybridized carbons (Fsp3) is 0.400. The van der Waals surface area contributed by atoms with Gasteiger partial charge in [-0.25, -0.2) is 0 Å². The van der Waals surface area contributed by atoms with Crippen molar-refractivity contribution in [2.75, 3.05) is 54.9 Å². The van der Waals surface area contributed by atoms with E-state index >= 15 is 0 Å². The van der Waals surface area contributed by atoms with Crippen LogP contribution < -0.4 is 15.1 Å². The molecule has 8 nitrogen and oxygen atoms in total. The Morgan fingerprint density at radius 3 is 2.42 bits per heavy atom. The molecule has 8 heteroatoms. The molecule has 2 aromatic carbocycles. The van der Waals surface area contributed by atoms with E-state index in [0.717, 1.165) is 31.9 Å². The lowest BCUT2D eigenvalue weighted by molar-refractivity contribution is -0.120. The second-order valence-corrected chi connectivity index (χ2v) is 9.24. The molecule has 0 saturated carbocycles. The van der Waals surface area contributed by atoms with Gasteiger partial charge < -0.3 is 20.0 Å². The van der Waals surface area contributed by atoms with Crippen molar-refractivity contribution >= 4 is 34.8 Å². The summed E-state index contributed by atoms with van der Waals surface area (Å²) in [6.45, 7) is 5.77. The molecule has 2 fully saturated rings. The zero-order valence-corrected chi connectivity index (χ0v) is 19.1. The Morgan fingerprint density at radius 2 is 1.70 bits per heavy atom. The van der Waals surface area contributed by atoms with Crippen LogP contribution in [0.4, 0.5) is 17.1 Å². The van der Waals surface area contributed by atoms with Crippen LogP contribution in [0, 0.1) is 0 Å². The quantitative estimate of drug-likeness (QED) is 0.779. The molecule has 0 spiro atoms. The summed E-state index contributed by atoms with van der Waals surface area (Å²) in [6, 6.07) is 14.9. The third-order valence-corrected chi connectivity index (χ3v) is 7.07. The summed E-state index contributed by atoms with van der Waals surface area (Å²) in [5, 5.41) is 2.92. The Morgan fingerprint density at radius 1 is 1.00 bits per heavy atom. The van der Waals surface area contributed by atoms with Crippen molar-refractivity contribution < 1.29 is 14.4 Å². The van der Waals surface area contributed by atoms with Gasteiger partial charge >= 0.3 is 0 Å². The van der Waals surface area contributed by atoms with E-state index in [-0.39, 0.29) is 24.3 Å². The molecule has 3 aliphatic heterocycles. The SMILES string of the molecule is CN1CCN(c2ccc(NC(=O)CN3C(=O)c4ccccc4N4C(=O)CCC34C)cc2)CC1. The Kier molecular flexibility index (Phi) is 5.32. The van der Waals surface area contributed by atoms with Gasteiger partial charge in [0.1, 0.15) is 12.2 Å². The van der Waals surface area contributed by atoms with Crippen molar-refractivity contribution in [3.05, 3.63) is 54.1 Å². The molecule has 1 unspecified atom stereocenters. The minimum Gasteiger partial charge on any atom is -0.369 e. The van der Waals surface area contributed by atoms with Crippen LogP contribution in [0.5, 0.6) is 0 Å². The zero-order chi connectivity index (χ0) is 23.2. The lowest BCUT2D eigenvalue weighted by Crippen LogP contribution is -2.63. The second-order valence-electron chi connectivity index (χ2n) is 9.24. The number of carbonyl (C=O) groups excluding carboxylic acids is 3. The second kappa shape index (κ2) is 8.19. The van der Waals surface area contributed by atoms with Crippen LogP contribution in [0.25, 0.3) is 0 Å². The van der Waals surface area contributed by atoms with Crippen molar-refractivity contribution in [3.63, 3.8) is 0 Å².